The van der Waals surface area contributed by atoms with Gasteiger partial charge in [0.1, 0.15) is 23.0 Å². The van der Waals surface area contributed by atoms with Crippen LogP contribution in [0.25, 0.3) is 0 Å². The van der Waals surface area contributed by atoms with Crippen molar-refractivity contribution in [1.82, 2.24) is 0 Å². The SMILES string of the molecule is CSCc1ccc(C(Nc2ccc(Cl)c(C(F)(F)F)c2)C(=O)O)o1.CSCc1ccc(C(Nc2ccc(Cl)cc2Cl)C(=O)O)o1. The molecule has 8 nitrogen and oxygen atoms in total. The van der Waals surface area contributed by atoms with Crippen LogP contribution < -0.4 is 10.6 Å². The van der Waals surface area contributed by atoms with Crippen molar-refractivity contribution in [2.45, 2.75) is 29.8 Å². The first-order valence-corrected chi connectivity index (χ1v) is 16.6. The number of aliphatic carboxylic acids is 2. The second kappa shape index (κ2) is 16.5. The summed E-state index contributed by atoms with van der Waals surface area (Å²) in [5.41, 5.74) is -0.584. The van der Waals surface area contributed by atoms with Crippen LogP contribution in [-0.4, -0.2) is 34.7 Å². The zero-order chi connectivity index (χ0) is 33.3. The first kappa shape index (κ1) is 36.4. The molecule has 16 heteroatoms. The number of alkyl halides is 3. The van der Waals surface area contributed by atoms with E-state index in [4.69, 9.17) is 43.6 Å². The van der Waals surface area contributed by atoms with Gasteiger partial charge in [-0.15, -0.1) is 0 Å². The highest BCUT2D eigenvalue weighted by atomic mass is 35.5. The number of anilines is 2. The van der Waals surface area contributed by atoms with Crippen molar-refractivity contribution in [2.24, 2.45) is 0 Å². The molecule has 242 valence electrons. The molecule has 0 amide bonds. The van der Waals surface area contributed by atoms with Crippen molar-refractivity contribution in [2.75, 3.05) is 23.1 Å². The predicted molar refractivity (Wildman–Crippen MR) is 173 cm³/mol. The van der Waals surface area contributed by atoms with Gasteiger partial charge in [0.2, 0.25) is 0 Å². The van der Waals surface area contributed by atoms with Crippen LogP contribution in [0.5, 0.6) is 0 Å². The van der Waals surface area contributed by atoms with Crippen molar-refractivity contribution >= 4 is 81.6 Å². The zero-order valence-corrected chi connectivity index (χ0v) is 27.4. The van der Waals surface area contributed by atoms with Crippen LogP contribution in [0.2, 0.25) is 15.1 Å². The quantitative estimate of drug-likeness (QED) is 0.112. The molecular formula is C29H26Cl3F3N2O6S2. The smallest absolute Gasteiger partial charge is 0.417 e. The Hall–Kier alpha value is -3.10. The number of carbonyl (C=O) groups is 2. The number of carboxylic acid groups (broad SMARTS) is 2. The first-order valence-electron chi connectivity index (χ1n) is 12.7. The van der Waals surface area contributed by atoms with E-state index in [1.807, 2.05) is 12.5 Å². The molecule has 2 unspecified atom stereocenters. The number of halogens is 6. The fraction of sp³-hybridized carbons (Fsp3) is 0.241. The molecule has 4 rings (SSSR count). The minimum Gasteiger partial charge on any atom is -0.479 e. The number of furan rings is 2. The third-order valence-corrected chi connectivity index (χ3v) is 7.84. The van der Waals surface area contributed by atoms with Crippen LogP contribution in [0.15, 0.2) is 69.5 Å². The molecule has 0 aliphatic rings. The average Bonchev–Trinajstić information content (AvgIpc) is 3.62. The average molecular weight is 726 g/mol. The Balaban J connectivity index is 0.000000248. The summed E-state index contributed by atoms with van der Waals surface area (Å²) in [5.74, 6) is 0.673. The van der Waals surface area contributed by atoms with E-state index >= 15 is 0 Å². The molecule has 0 saturated heterocycles. The standard InChI is InChI=1S/C15H13ClF3NO3S.C14H13Cl2NO3S/c1-24-7-9-3-5-12(23-9)13(14(21)22)20-8-2-4-11(16)10(6-8)15(17,18)19;1-21-7-9-3-5-12(20-9)13(14(18)19)17-11-4-2-8(15)6-10(11)16/h2-6,13,20H,7H2,1H3,(H,21,22);2-6,13,17H,7H2,1H3,(H,18,19). The zero-order valence-electron chi connectivity index (χ0n) is 23.5. The van der Waals surface area contributed by atoms with Crippen molar-refractivity contribution in [3.63, 3.8) is 0 Å². The first-order chi connectivity index (χ1) is 21.2. The summed E-state index contributed by atoms with van der Waals surface area (Å²) in [6.45, 7) is 0. The molecule has 0 spiro atoms. The lowest BCUT2D eigenvalue weighted by Crippen LogP contribution is -2.20. The lowest BCUT2D eigenvalue weighted by atomic mass is 10.1. The summed E-state index contributed by atoms with van der Waals surface area (Å²) in [7, 11) is 0. The molecule has 0 bridgehead atoms. The van der Waals surface area contributed by atoms with Gasteiger partial charge in [-0.1, -0.05) is 34.8 Å². The maximum atomic E-state index is 12.9. The Bertz CT molecular complexity index is 1620. The molecule has 0 aliphatic carbocycles. The van der Waals surface area contributed by atoms with Crippen LogP contribution in [0.3, 0.4) is 0 Å². The van der Waals surface area contributed by atoms with Crippen LogP contribution in [0.4, 0.5) is 24.5 Å². The van der Waals surface area contributed by atoms with E-state index in [1.54, 1.807) is 48.2 Å². The molecule has 0 fully saturated rings. The van der Waals surface area contributed by atoms with E-state index in [9.17, 15) is 33.0 Å². The number of benzene rings is 2. The number of carboxylic acids is 2. The molecular weight excluding hydrogens is 700 g/mol. The highest BCUT2D eigenvalue weighted by Crippen LogP contribution is 2.37. The monoisotopic (exact) mass is 724 g/mol. The molecule has 45 heavy (non-hydrogen) atoms. The van der Waals surface area contributed by atoms with Gasteiger partial charge >= 0.3 is 18.1 Å². The van der Waals surface area contributed by atoms with Gasteiger partial charge < -0.3 is 29.7 Å². The number of hydrogen-bond acceptors (Lipinski definition) is 8. The normalized spacial score (nSPS) is 12.5. The topological polar surface area (TPSA) is 125 Å². The minimum absolute atomic E-state index is 0.0260. The molecule has 2 aromatic heterocycles. The van der Waals surface area contributed by atoms with Gasteiger partial charge in [0.05, 0.1) is 32.8 Å². The Kier molecular flexibility index (Phi) is 13.3. The van der Waals surface area contributed by atoms with E-state index < -0.39 is 40.8 Å². The summed E-state index contributed by atoms with van der Waals surface area (Å²) >= 11 is 20.5. The predicted octanol–water partition coefficient (Wildman–Crippen LogP) is 9.74. The molecule has 4 aromatic rings. The Morgan fingerprint density at radius 1 is 0.778 bits per heavy atom. The Morgan fingerprint density at radius 3 is 1.78 bits per heavy atom. The second-order valence-electron chi connectivity index (χ2n) is 9.12. The van der Waals surface area contributed by atoms with E-state index in [2.05, 4.69) is 10.6 Å². The highest BCUT2D eigenvalue weighted by Gasteiger charge is 2.34. The van der Waals surface area contributed by atoms with E-state index in [1.165, 1.54) is 23.9 Å². The number of hydrogen-bond donors (Lipinski definition) is 4. The lowest BCUT2D eigenvalue weighted by molar-refractivity contribution is -0.139. The highest BCUT2D eigenvalue weighted by molar-refractivity contribution is 7.98. The maximum Gasteiger partial charge on any atom is 0.417 e. The molecule has 0 saturated carbocycles. The fourth-order valence-corrected chi connectivity index (χ4v) is 5.38. The molecule has 0 radical (unpaired) electrons. The van der Waals surface area contributed by atoms with Crippen LogP contribution in [0.1, 0.15) is 40.7 Å². The Morgan fingerprint density at radius 2 is 1.31 bits per heavy atom. The van der Waals surface area contributed by atoms with Gasteiger partial charge in [-0.2, -0.15) is 36.7 Å². The number of rotatable bonds is 12. The lowest BCUT2D eigenvalue weighted by Gasteiger charge is -2.16. The fourth-order valence-electron chi connectivity index (χ4n) is 3.81. The van der Waals surface area contributed by atoms with Gasteiger partial charge in [-0.3, -0.25) is 0 Å². The van der Waals surface area contributed by atoms with Crippen molar-refractivity contribution in [3.05, 3.63) is 104 Å². The van der Waals surface area contributed by atoms with Gasteiger partial charge in [0.25, 0.3) is 0 Å². The van der Waals surface area contributed by atoms with E-state index in [0.29, 0.717) is 38.8 Å². The van der Waals surface area contributed by atoms with E-state index in [-0.39, 0.29) is 11.4 Å². The summed E-state index contributed by atoms with van der Waals surface area (Å²) in [5, 5.41) is 24.5. The second-order valence-corrected chi connectivity index (χ2v) is 12.1. The van der Waals surface area contributed by atoms with E-state index in [0.717, 1.165) is 17.9 Å². The maximum absolute atomic E-state index is 12.9. The molecule has 2 atom stereocenters. The molecule has 2 aromatic carbocycles. The van der Waals surface area contributed by atoms with Crippen molar-refractivity contribution < 1.29 is 41.8 Å². The van der Waals surface area contributed by atoms with Gasteiger partial charge in [-0.25, -0.2) is 9.59 Å². The summed E-state index contributed by atoms with van der Waals surface area (Å²) in [4.78, 5) is 22.9. The summed E-state index contributed by atoms with van der Waals surface area (Å²) in [6.07, 6.45) is -0.826. The summed E-state index contributed by atoms with van der Waals surface area (Å²) in [6, 6.07) is 12.1. The molecule has 0 aliphatic heterocycles. The minimum atomic E-state index is -4.64. The van der Waals surface area contributed by atoms with Gasteiger partial charge in [0.15, 0.2) is 12.1 Å². The van der Waals surface area contributed by atoms with Crippen molar-refractivity contribution in [3.8, 4) is 0 Å². The number of thioether (sulfide) groups is 2. The van der Waals surface area contributed by atoms with Gasteiger partial charge in [-0.05, 0) is 73.2 Å². The molecule has 2 heterocycles. The van der Waals surface area contributed by atoms with Crippen LogP contribution in [0, 0.1) is 0 Å². The third kappa shape index (κ3) is 10.5. The van der Waals surface area contributed by atoms with Gasteiger partial charge in [0, 0.05) is 10.7 Å². The summed E-state index contributed by atoms with van der Waals surface area (Å²) < 4.78 is 49.6. The number of nitrogens with one attached hydrogen (secondary N) is 2. The van der Waals surface area contributed by atoms with Crippen molar-refractivity contribution in [1.29, 1.82) is 0 Å². The van der Waals surface area contributed by atoms with Crippen LogP contribution in [-0.2, 0) is 27.3 Å². The third-order valence-electron chi connectivity index (χ3n) is 5.81. The largest absolute Gasteiger partial charge is 0.479 e. The molecule has 4 N–H and O–H groups in total. The van der Waals surface area contributed by atoms with Crippen LogP contribution >= 0.6 is 58.3 Å². The Labute approximate surface area is 279 Å².